The fraction of sp³-hybridized carbons (Fsp3) is 0.261. The number of aliphatic imine (C=N–C) groups is 1. The molecule has 28 heavy (non-hydrogen) atoms. The molecule has 0 saturated carbocycles. The predicted molar refractivity (Wildman–Crippen MR) is 112 cm³/mol. The molecule has 5 nitrogen and oxygen atoms in total. The monoisotopic (exact) mass is 377 g/mol. The van der Waals surface area contributed by atoms with Crippen LogP contribution in [0.4, 0.5) is 0 Å². The molecule has 2 aromatic carbocycles. The normalized spacial score (nSPS) is 13.7. The van der Waals surface area contributed by atoms with E-state index in [4.69, 9.17) is 4.42 Å². The molecule has 1 heterocycles. The molecule has 3 aromatic rings. The van der Waals surface area contributed by atoms with E-state index in [1.165, 1.54) is 0 Å². The number of furan rings is 1. The number of benzene rings is 2. The summed E-state index contributed by atoms with van der Waals surface area (Å²) in [5.74, 6) is 1.58. The van der Waals surface area contributed by atoms with Crippen LogP contribution in [0.15, 0.2) is 88.5 Å². The second kappa shape index (κ2) is 9.76. The fourth-order valence-corrected chi connectivity index (χ4v) is 2.84. The third kappa shape index (κ3) is 5.99. The van der Waals surface area contributed by atoms with Gasteiger partial charge in [-0.2, -0.15) is 0 Å². The maximum Gasteiger partial charge on any atom is 0.191 e. The Bertz CT molecular complexity index is 844. The number of hydrogen-bond donors (Lipinski definition) is 3. The summed E-state index contributed by atoms with van der Waals surface area (Å²) in [5.41, 5.74) is 0.988. The van der Waals surface area contributed by atoms with Crippen molar-refractivity contribution in [2.75, 3.05) is 13.1 Å². The van der Waals surface area contributed by atoms with E-state index in [0.29, 0.717) is 25.6 Å². The molecule has 0 amide bonds. The van der Waals surface area contributed by atoms with Crippen LogP contribution in [-0.2, 0) is 18.6 Å². The maximum atomic E-state index is 10.8. The van der Waals surface area contributed by atoms with Gasteiger partial charge in [-0.05, 0) is 30.2 Å². The number of rotatable bonds is 8. The molecule has 146 valence electrons. The van der Waals surface area contributed by atoms with Gasteiger partial charge >= 0.3 is 0 Å². The van der Waals surface area contributed by atoms with Crippen LogP contribution in [0.3, 0.4) is 0 Å². The van der Waals surface area contributed by atoms with E-state index < -0.39 is 5.60 Å². The number of aliphatic hydroxyl groups is 1. The van der Waals surface area contributed by atoms with Crippen molar-refractivity contribution in [3.63, 3.8) is 0 Å². The van der Waals surface area contributed by atoms with Gasteiger partial charge in [-0.15, -0.1) is 0 Å². The van der Waals surface area contributed by atoms with Crippen molar-refractivity contribution in [2.45, 2.75) is 25.5 Å². The van der Waals surface area contributed by atoms with Crippen LogP contribution in [0.25, 0.3) is 0 Å². The van der Waals surface area contributed by atoms with Gasteiger partial charge in [-0.1, -0.05) is 60.7 Å². The Morgan fingerprint density at radius 3 is 2.36 bits per heavy atom. The standard InChI is InChI=1S/C23H27N3O2/c1-23(27,20-11-6-3-7-12-20)18-26-22(24-15-14-21-13-8-16-28-21)25-17-19-9-4-2-5-10-19/h2-13,16,27H,14-15,17-18H2,1H3,(H2,24,25,26). The van der Waals surface area contributed by atoms with E-state index in [1.54, 1.807) is 13.2 Å². The van der Waals surface area contributed by atoms with Crippen molar-refractivity contribution < 1.29 is 9.52 Å². The third-order valence-corrected chi connectivity index (χ3v) is 4.50. The van der Waals surface area contributed by atoms with Gasteiger partial charge in [0.2, 0.25) is 0 Å². The second-order valence-corrected chi connectivity index (χ2v) is 6.90. The SMILES string of the molecule is CC(O)(CNC(=NCc1ccccc1)NCCc1ccco1)c1ccccc1. The second-order valence-electron chi connectivity index (χ2n) is 6.90. The van der Waals surface area contributed by atoms with Crippen LogP contribution in [0, 0.1) is 0 Å². The molecule has 0 spiro atoms. The van der Waals surface area contributed by atoms with Crippen LogP contribution in [0.1, 0.15) is 23.8 Å². The van der Waals surface area contributed by atoms with E-state index in [-0.39, 0.29) is 0 Å². The summed E-state index contributed by atoms with van der Waals surface area (Å²) >= 11 is 0. The van der Waals surface area contributed by atoms with Crippen molar-refractivity contribution >= 4 is 5.96 Å². The molecule has 1 atom stereocenters. The van der Waals surface area contributed by atoms with Gasteiger partial charge in [-0.25, -0.2) is 4.99 Å². The van der Waals surface area contributed by atoms with Crippen molar-refractivity contribution in [3.8, 4) is 0 Å². The Morgan fingerprint density at radius 1 is 0.964 bits per heavy atom. The van der Waals surface area contributed by atoms with E-state index in [9.17, 15) is 5.11 Å². The van der Waals surface area contributed by atoms with Crippen molar-refractivity contribution in [1.29, 1.82) is 0 Å². The number of nitrogens with one attached hydrogen (secondary N) is 2. The Morgan fingerprint density at radius 2 is 1.68 bits per heavy atom. The lowest BCUT2D eigenvalue weighted by Crippen LogP contribution is -2.45. The zero-order valence-electron chi connectivity index (χ0n) is 16.1. The van der Waals surface area contributed by atoms with Gasteiger partial charge < -0.3 is 20.2 Å². The van der Waals surface area contributed by atoms with Crippen LogP contribution >= 0.6 is 0 Å². The summed E-state index contributed by atoms with van der Waals surface area (Å²) in [6.45, 7) is 3.39. The van der Waals surface area contributed by atoms with E-state index in [1.807, 2.05) is 72.8 Å². The molecule has 3 rings (SSSR count). The molecule has 5 heteroatoms. The zero-order chi connectivity index (χ0) is 19.7. The largest absolute Gasteiger partial charge is 0.469 e. The summed E-state index contributed by atoms with van der Waals surface area (Å²) in [7, 11) is 0. The number of hydrogen-bond acceptors (Lipinski definition) is 3. The molecule has 0 aliphatic heterocycles. The molecule has 0 bridgehead atoms. The molecular formula is C23H27N3O2. The maximum absolute atomic E-state index is 10.8. The van der Waals surface area contributed by atoms with Crippen LogP contribution in [0.2, 0.25) is 0 Å². The van der Waals surface area contributed by atoms with Gasteiger partial charge in [0.05, 0.1) is 19.4 Å². The summed E-state index contributed by atoms with van der Waals surface area (Å²) in [6, 6.07) is 23.6. The number of guanidine groups is 1. The molecule has 0 aliphatic carbocycles. The zero-order valence-corrected chi connectivity index (χ0v) is 16.1. The van der Waals surface area contributed by atoms with E-state index >= 15 is 0 Å². The minimum absolute atomic E-state index is 0.346. The summed E-state index contributed by atoms with van der Waals surface area (Å²) in [6.07, 6.45) is 2.43. The Balaban J connectivity index is 1.62. The molecule has 0 radical (unpaired) electrons. The Labute approximate surface area is 166 Å². The summed E-state index contributed by atoms with van der Waals surface area (Å²) < 4.78 is 5.38. The Hall–Kier alpha value is -3.05. The minimum atomic E-state index is -1.00. The first-order chi connectivity index (χ1) is 13.6. The van der Waals surface area contributed by atoms with Crippen LogP contribution in [0.5, 0.6) is 0 Å². The first-order valence-corrected chi connectivity index (χ1v) is 9.50. The highest BCUT2D eigenvalue weighted by Crippen LogP contribution is 2.18. The van der Waals surface area contributed by atoms with Gasteiger partial charge in [-0.3, -0.25) is 0 Å². The molecule has 1 unspecified atom stereocenters. The lowest BCUT2D eigenvalue weighted by Gasteiger charge is -2.25. The lowest BCUT2D eigenvalue weighted by atomic mass is 9.96. The molecule has 0 fully saturated rings. The smallest absolute Gasteiger partial charge is 0.191 e. The van der Waals surface area contributed by atoms with Gasteiger partial charge in [0.1, 0.15) is 11.4 Å². The quantitative estimate of drug-likeness (QED) is 0.415. The van der Waals surface area contributed by atoms with Crippen molar-refractivity contribution in [1.82, 2.24) is 10.6 Å². The average molecular weight is 377 g/mol. The first-order valence-electron chi connectivity index (χ1n) is 9.50. The van der Waals surface area contributed by atoms with Crippen LogP contribution in [-0.4, -0.2) is 24.2 Å². The fourth-order valence-electron chi connectivity index (χ4n) is 2.84. The van der Waals surface area contributed by atoms with Gasteiger partial charge in [0, 0.05) is 13.0 Å². The molecule has 0 saturated heterocycles. The van der Waals surface area contributed by atoms with Gasteiger partial charge in [0.25, 0.3) is 0 Å². The molecular weight excluding hydrogens is 350 g/mol. The van der Waals surface area contributed by atoms with Crippen LogP contribution < -0.4 is 10.6 Å². The average Bonchev–Trinajstić information content (AvgIpc) is 3.24. The highest BCUT2D eigenvalue weighted by Gasteiger charge is 2.23. The lowest BCUT2D eigenvalue weighted by molar-refractivity contribution is 0.0617. The number of nitrogens with zero attached hydrogens (tertiary/aromatic N) is 1. The van der Waals surface area contributed by atoms with Gasteiger partial charge in [0.15, 0.2) is 5.96 Å². The van der Waals surface area contributed by atoms with E-state index in [2.05, 4.69) is 15.6 Å². The van der Waals surface area contributed by atoms with Crippen molar-refractivity contribution in [3.05, 3.63) is 95.9 Å². The summed E-state index contributed by atoms with van der Waals surface area (Å²) in [4.78, 5) is 4.66. The molecule has 1 aromatic heterocycles. The predicted octanol–water partition coefficient (Wildman–Crippen LogP) is 3.47. The minimum Gasteiger partial charge on any atom is -0.469 e. The third-order valence-electron chi connectivity index (χ3n) is 4.50. The molecule has 0 aliphatic rings. The highest BCUT2D eigenvalue weighted by atomic mass is 16.3. The highest BCUT2D eigenvalue weighted by molar-refractivity contribution is 5.79. The van der Waals surface area contributed by atoms with E-state index in [0.717, 1.165) is 23.3 Å². The molecule has 3 N–H and O–H groups in total. The summed E-state index contributed by atoms with van der Waals surface area (Å²) in [5, 5.41) is 17.4. The Kier molecular flexibility index (Phi) is 6.87. The van der Waals surface area contributed by atoms with Crippen molar-refractivity contribution in [2.24, 2.45) is 4.99 Å². The first kappa shape index (κ1) is 19.7. The topological polar surface area (TPSA) is 69.8 Å².